The summed E-state index contributed by atoms with van der Waals surface area (Å²) in [7, 11) is 0. The minimum absolute atomic E-state index is 0.142. The van der Waals surface area contributed by atoms with Crippen LogP contribution in [0.3, 0.4) is 0 Å². The molecule has 0 spiro atoms. The van der Waals surface area contributed by atoms with Crippen LogP contribution in [0.5, 0.6) is 0 Å². The zero-order chi connectivity index (χ0) is 13.8. The zero-order valence-electron chi connectivity index (χ0n) is 11.1. The van der Waals surface area contributed by atoms with E-state index < -0.39 is 0 Å². The van der Waals surface area contributed by atoms with E-state index in [2.05, 4.69) is 6.92 Å². The molecular weight excluding hydrogens is 260 g/mol. The number of benzene rings is 1. The van der Waals surface area contributed by atoms with Gasteiger partial charge in [0.2, 0.25) is 0 Å². The van der Waals surface area contributed by atoms with Crippen molar-refractivity contribution in [1.29, 1.82) is 0 Å². The van der Waals surface area contributed by atoms with Gasteiger partial charge < -0.3 is 5.73 Å². The Morgan fingerprint density at radius 1 is 1.37 bits per heavy atom. The summed E-state index contributed by atoms with van der Waals surface area (Å²) in [6.07, 6.45) is 4.68. The largest absolute Gasteiger partial charge is 0.327 e. The third-order valence-corrected chi connectivity index (χ3v) is 5.25. The molecule has 4 nitrogen and oxygen atoms in total. The lowest BCUT2D eigenvalue weighted by atomic mass is 9.84. The standard InChI is InChI=1S/C14H20N2O2S/c1-2-10-3-8-13(15)14(9-10)19-12-6-4-11(5-7-12)16(17)18/h4-7,10,13-14H,2-3,8-9,15H2,1H3. The lowest BCUT2D eigenvalue weighted by Crippen LogP contribution is -2.38. The first-order valence-electron chi connectivity index (χ1n) is 6.76. The summed E-state index contributed by atoms with van der Waals surface area (Å²) in [5, 5.41) is 11.0. The predicted octanol–water partition coefficient (Wildman–Crippen LogP) is 3.59. The molecule has 19 heavy (non-hydrogen) atoms. The van der Waals surface area contributed by atoms with Crippen LogP contribution in [0.4, 0.5) is 5.69 Å². The maximum absolute atomic E-state index is 10.6. The molecule has 1 aromatic rings. The van der Waals surface area contributed by atoms with Crippen LogP contribution in [0.15, 0.2) is 29.2 Å². The van der Waals surface area contributed by atoms with Crippen LogP contribution in [0.2, 0.25) is 0 Å². The number of non-ortho nitro benzene ring substituents is 1. The van der Waals surface area contributed by atoms with Crippen molar-refractivity contribution >= 4 is 17.4 Å². The van der Waals surface area contributed by atoms with Gasteiger partial charge in [0.25, 0.3) is 5.69 Å². The maximum Gasteiger partial charge on any atom is 0.269 e. The number of nitrogens with zero attached hydrogens (tertiary/aromatic N) is 1. The highest BCUT2D eigenvalue weighted by Gasteiger charge is 2.28. The van der Waals surface area contributed by atoms with Gasteiger partial charge in [0.1, 0.15) is 0 Å². The van der Waals surface area contributed by atoms with Gasteiger partial charge in [0, 0.05) is 28.3 Å². The summed E-state index contributed by atoms with van der Waals surface area (Å²) in [4.78, 5) is 11.3. The van der Waals surface area contributed by atoms with E-state index in [9.17, 15) is 10.1 Å². The summed E-state index contributed by atoms with van der Waals surface area (Å²) in [6.45, 7) is 2.23. The summed E-state index contributed by atoms with van der Waals surface area (Å²) in [5.41, 5.74) is 6.34. The van der Waals surface area contributed by atoms with Gasteiger partial charge in [0.15, 0.2) is 0 Å². The van der Waals surface area contributed by atoms with E-state index in [0.717, 1.165) is 23.7 Å². The van der Waals surface area contributed by atoms with Crippen LogP contribution < -0.4 is 5.73 Å². The molecule has 2 rings (SSSR count). The van der Waals surface area contributed by atoms with E-state index in [0.29, 0.717) is 5.25 Å². The van der Waals surface area contributed by atoms with Crippen molar-refractivity contribution < 1.29 is 4.92 Å². The minimum Gasteiger partial charge on any atom is -0.327 e. The van der Waals surface area contributed by atoms with E-state index >= 15 is 0 Å². The van der Waals surface area contributed by atoms with Gasteiger partial charge in [0.05, 0.1) is 4.92 Å². The van der Waals surface area contributed by atoms with Gasteiger partial charge in [-0.1, -0.05) is 13.3 Å². The monoisotopic (exact) mass is 280 g/mol. The van der Waals surface area contributed by atoms with Crippen molar-refractivity contribution in [2.24, 2.45) is 11.7 Å². The number of rotatable bonds is 4. The highest BCUT2D eigenvalue weighted by molar-refractivity contribution is 8.00. The fraction of sp³-hybridized carbons (Fsp3) is 0.571. The Morgan fingerprint density at radius 3 is 2.63 bits per heavy atom. The van der Waals surface area contributed by atoms with E-state index in [1.54, 1.807) is 23.9 Å². The molecule has 5 heteroatoms. The minimum atomic E-state index is -0.367. The van der Waals surface area contributed by atoms with Crippen molar-refractivity contribution in [1.82, 2.24) is 0 Å². The number of nitro benzene ring substituents is 1. The predicted molar refractivity (Wildman–Crippen MR) is 78.3 cm³/mol. The molecule has 1 aliphatic rings. The first-order chi connectivity index (χ1) is 9.10. The lowest BCUT2D eigenvalue weighted by molar-refractivity contribution is -0.384. The molecular formula is C14H20N2O2S. The first-order valence-corrected chi connectivity index (χ1v) is 7.64. The molecule has 1 fully saturated rings. The van der Waals surface area contributed by atoms with Gasteiger partial charge >= 0.3 is 0 Å². The number of thioether (sulfide) groups is 1. The van der Waals surface area contributed by atoms with Gasteiger partial charge in [-0.3, -0.25) is 10.1 Å². The Bertz CT molecular complexity index is 436. The van der Waals surface area contributed by atoms with E-state index in [1.165, 1.54) is 12.8 Å². The molecule has 0 aliphatic heterocycles. The normalized spacial score (nSPS) is 27.2. The third kappa shape index (κ3) is 3.70. The molecule has 3 atom stereocenters. The second-order valence-corrected chi connectivity index (χ2v) is 6.47. The number of nitrogens with two attached hydrogens (primary N) is 1. The Balaban J connectivity index is 2.01. The molecule has 1 saturated carbocycles. The summed E-state index contributed by atoms with van der Waals surface area (Å²) in [6, 6.07) is 7.01. The maximum atomic E-state index is 10.6. The topological polar surface area (TPSA) is 69.2 Å². The second-order valence-electron chi connectivity index (χ2n) is 5.16. The molecule has 104 valence electrons. The molecule has 0 saturated heterocycles. The van der Waals surface area contributed by atoms with Crippen molar-refractivity contribution in [3.63, 3.8) is 0 Å². The van der Waals surface area contributed by atoms with Gasteiger partial charge in [-0.2, -0.15) is 0 Å². The van der Waals surface area contributed by atoms with E-state index in [1.807, 2.05) is 12.1 Å². The quantitative estimate of drug-likeness (QED) is 0.676. The molecule has 1 aromatic carbocycles. The Morgan fingerprint density at radius 2 is 2.05 bits per heavy atom. The number of nitro groups is 1. The smallest absolute Gasteiger partial charge is 0.269 e. The SMILES string of the molecule is CCC1CCC(N)C(Sc2ccc([N+](=O)[O-])cc2)C1. The average molecular weight is 280 g/mol. The second kappa shape index (κ2) is 6.39. The molecule has 2 N–H and O–H groups in total. The summed E-state index contributed by atoms with van der Waals surface area (Å²) >= 11 is 1.76. The number of hydrogen-bond donors (Lipinski definition) is 1. The van der Waals surface area contributed by atoms with E-state index in [-0.39, 0.29) is 16.7 Å². The third-order valence-electron chi connectivity index (χ3n) is 3.86. The zero-order valence-corrected chi connectivity index (χ0v) is 11.9. The van der Waals surface area contributed by atoms with Crippen molar-refractivity contribution in [2.45, 2.75) is 48.8 Å². The molecule has 1 aliphatic carbocycles. The highest BCUT2D eigenvalue weighted by atomic mass is 32.2. The molecule has 0 radical (unpaired) electrons. The van der Waals surface area contributed by atoms with Crippen LogP contribution >= 0.6 is 11.8 Å². The average Bonchev–Trinajstić information content (AvgIpc) is 2.42. The van der Waals surface area contributed by atoms with Gasteiger partial charge in [-0.05, 0) is 37.3 Å². The number of hydrogen-bond acceptors (Lipinski definition) is 4. The summed E-state index contributed by atoms with van der Waals surface area (Å²) < 4.78 is 0. The van der Waals surface area contributed by atoms with Crippen molar-refractivity contribution in [3.8, 4) is 0 Å². The van der Waals surface area contributed by atoms with E-state index in [4.69, 9.17) is 5.73 Å². The van der Waals surface area contributed by atoms with Crippen molar-refractivity contribution in [2.75, 3.05) is 0 Å². The van der Waals surface area contributed by atoms with Gasteiger partial charge in [-0.15, -0.1) is 11.8 Å². The highest BCUT2D eigenvalue weighted by Crippen LogP contribution is 2.37. The first kappa shape index (κ1) is 14.3. The van der Waals surface area contributed by atoms with Crippen LogP contribution in [0.25, 0.3) is 0 Å². The fourth-order valence-corrected chi connectivity index (χ4v) is 3.88. The molecule has 0 bridgehead atoms. The fourth-order valence-electron chi connectivity index (χ4n) is 2.56. The molecule has 0 aromatic heterocycles. The molecule has 3 unspecified atom stereocenters. The molecule has 0 heterocycles. The van der Waals surface area contributed by atoms with Crippen LogP contribution in [-0.4, -0.2) is 16.2 Å². The van der Waals surface area contributed by atoms with Gasteiger partial charge in [-0.25, -0.2) is 0 Å². The summed E-state index contributed by atoms with van der Waals surface area (Å²) in [5.74, 6) is 0.773. The van der Waals surface area contributed by atoms with Crippen molar-refractivity contribution in [3.05, 3.63) is 34.4 Å². The lowest BCUT2D eigenvalue weighted by Gasteiger charge is -2.33. The Labute approximate surface area is 117 Å². The van der Waals surface area contributed by atoms with Crippen LogP contribution in [0, 0.1) is 16.0 Å². The van der Waals surface area contributed by atoms with Crippen LogP contribution in [0.1, 0.15) is 32.6 Å². The Kier molecular flexibility index (Phi) is 4.82. The molecule has 0 amide bonds. The Hall–Kier alpha value is -1.07. The van der Waals surface area contributed by atoms with Crippen LogP contribution in [-0.2, 0) is 0 Å².